The molecule has 0 saturated heterocycles. The van der Waals surface area contributed by atoms with E-state index in [2.05, 4.69) is 67.0 Å². The quantitative estimate of drug-likeness (QED) is 0.115. The molecule has 0 atom stereocenters. The molecule has 3 heterocycles. The van der Waals surface area contributed by atoms with Crippen LogP contribution in [0, 0.1) is 12.3 Å². The second-order valence-electron chi connectivity index (χ2n) is 13.5. The first-order valence-corrected chi connectivity index (χ1v) is 14.2. The molecule has 4 aromatic carbocycles. The summed E-state index contributed by atoms with van der Waals surface area (Å²) in [6.45, 7) is 11.6. The lowest BCUT2D eigenvalue weighted by molar-refractivity contribution is -0.643. The van der Waals surface area contributed by atoms with Gasteiger partial charge in [-0.1, -0.05) is 63.2 Å². The Labute approximate surface area is 237 Å². The van der Waals surface area contributed by atoms with Gasteiger partial charge in [0.2, 0.25) is 5.52 Å². The van der Waals surface area contributed by atoms with Gasteiger partial charge < -0.3 is 4.40 Å². The van der Waals surface area contributed by atoms with Crippen LogP contribution in [0.4, 0.5) is 13.2 Å². The number of hydrogen-bond donors (Lipinski definition) is 0. The van der Waals surface area contributed by atoms with Gasteiger partial charge in [0, 0.05) is 16.8 Å². The number of aromatic nitrogens is 2. The van der Waals surface area contributed by atoms with Crippen molar-refractivity contribution < 1.29 is 17.7 Å². The minimum Gasteiger partial charge on any atom is -0.307 e. The molecule has 41 heavy (non-hydrogen) atoms. The van der Waals surface area contributed by atoms with Crippen LogP contribution in [0.15, 0.2) is 66.9 Å². The minimum absolute atomic E-state index is 0.0114. The minimum atomic E-state index is -4.41. The number of fused-ring (bicyclic) bond motifs is 7. The highest BCUT2D eigenvalue weighted by Gasteiger charge is 2.50. The maximum absolute atomic E-state index is 14.7. The summed E-state index contributed by atoms with van der Waals surface area (Å²) in [7, 11) is 2.05. The molecule has 0 bridgehead atoms. The Morgan fingerprint density at radius 3 is 2.05 bits per heavy atom. The molecule has 2 nitrogen and oxygen atoms in total. The molecule has 7 rings (SSSR count). The summed E-state index contributed by atoms with van der Waals surface area (Å²) in [6, 6.07) is 20.3. The Kier molecular flexibility index (Phi) is 5.16. The SMILES string of the molecule is Cc1c2ccccc2c(CC(C)(C)C)c2c1c1c3c(cc[n+]1C)cc(C(C)(C)C(F)(F)F)c1c4ccccc4n2c13. The van der Waals surface area contributed by atoms with Crippen LogP contribution < -0.4 is 4.57 Å². The Hall–Kier alpha value is -3.86. The first kappa shape index (κ1) is 26.1. The van der Waals surface area contributed by atoms with Crippen molar-refractivity contribution in [3.05, 3.63) is 83.6 Å². The molecule has 0 aliphatic carbocycles. The van der Waals surface area contributed by atoms with Crippen LogP contribution in [-0.2, 0) is 18.9 Å². The summed E-state index contributed by atoms with van der Waals surface area (Å²) in [5.74, 6) is 0. The van der Waals surface area contributed by atoms with E-state index in [0.29, 0.717) is 10.9 Å². The number of halogens is 3. The van der Waals surface area contributed by atoms with Gasteiger partial charge in [-0.05, 0) is 77.6 Å². The van der Waals surface area contributed by atoms with E-state index in [1.807, 2.05) is 37.5 Å². The molecule has 5 heteroatoms. The number of benzene rings is 4. The summed E-state index contributed by atoms with van der Waals surface area (Å²) in [5.41, 5.74) is 4.67. The summed E-state index contributed by atoms with van der Waals surface area (Å²) in [4.78, 5) is 0. The number of pyridine rings is 2. The number of aryl methyl sites for hydroxylation is 2. The van der Waals surface area contributed by atoms with Crippen molar-refractivity contribution in [3.63, 3.8) is 0 Å². The fourth-order valence-electron chi connectivity index (χ4n) is 7.10. The van der Waals surface area contributed by atoms with Gasteiger partial charge in [0.1, 0.15) is 7.05 Å². The Bertz CT molecular complexity index is 2190. The largest absolute Gasteiger partial charge is 0.397 e. The van der Waals surface area contributed by atoms with Crippen molar-refractivity contribution >= 4 is 59.8 Å². The highest BCUT2D eigenvalue weighted by molar-refractivity contribution is 6.29. The molecule has 0 N–H and O–H groups in total. The van der Waals surface area contributed by atoms with Crippen molar-refractivity contribution in [3.8, 4) is 0 Å². The number of rotatable bonds is 2. The topological polar surface area (TPSA) is 8.29 Å². The predicted molar refractivity (Wildman–Crippen MR) is 164 cm³/mol. The van der Waals surface area contributed by atoms with Gasteiger partial charge in [0.25, 0.3) is 0 Å². The van der Waals surface area contributed by atoms with Crippen LogP contribution in [0.1, 0.15) is 51.3 Å². The fourth-order valence-corrected chi connectivity index (χ4v) is 7.10. The van der Waals surface area contributed by atoms with E-state index in [4.69, 9.17) is 0 Å². The van der Waals surface area contributed by atoms with E-state index in [1.54, 1.807) is 6.07 Å². The normalized spacial score (nSPS) is 13.7. The molecule has 0 saturated carbocycles. The summed E-state index contributed by atoms with van der Waals surface area (Å²) >= 11 is 0. The highest BCUT2D eigenvalue weighted by atomic mass is 19.4. The molecule has 208 valence electrons. The van der Waals surface area contributed by atoms with Crippen molar-refractivity contribution in [2.24, 2.45) is 12.5 Å². The van der Waals surface area contributed by atoms with Crippen LogP contribution in [0.5, 0.6) is 0 Å². The van der Waals surface area contributed by atoms with E-state index < -0.39 is 11.6 Å². The van der Waals surface area contributed by atoms with E-state index in [0.717, 1.165) is 50.0 Å². The van der Waals surface area contributed by atoms with Crippen molar-refractivity contribution in [2.75, 3.05) is 0 Å². The lowest BCUT2D eigenvalue weighted by Crippen LogP contribution is -2.36. The smallest absolute Gasteiger partial charge is 0.307 e. The van der Waals surface area contributed by atoms with Crippen LogP contribution >= 0.6 is 0 Å². The molecule has 0 radical (unpaired) electrons. The van der Waals surface area contributed by atoms with Gasteiger partial charge in [-0.15, -0.1) is 0 Å². The van der Waals surface area contributed by atoms with Gasteiger partial charge >= 0.3 is 6.18 Å². The van der Waals surface area contributed by atoms with Crippen LogP contribution in [0.2, 0.25) is 0 Å². The van der Waals surface area contributed by atoms with Gasteiger partial charge in [-0.25, -0.2) is 4.57 Å². The third-order valence-electron chi connectivity index (χ3n) is 9.14. The third kappa shape index (κ3) is 3.41. The monoisotopic (exact) mass is 551 g/mol. The Morgan fingerprint density at radius 1 is 0.756 bits per heavy atom. The van der Waals surface area contributed by atoms with Crippen molar-refractivity contribution in [1.82, 2.24) is 4.40 Å². The van der Waals surface area contributed by atoms with Gasteiger partial charge in [0.05, 0.1) is 32.7 Å². The maximum atomic E-state index is 14.7. The average molecular weight is 552 g/mol. The average Bonchev–Trinajstić information content (AvgIpc) is 3.25. The summed E-state index contributed by atoms with van der Waals surface area (Å²) < 4.78 is 48.6. The van der Waals surface area contributed by atoms with Gasteiger partial charge in [-0.3, -0.25) is 0 Å². The van der Waals surface area contributed by atoms with Gasteiger partial charge in [-0.2, -0.15) is 13.2 Å². The van der Waals surface area contributed by atoms with E-state index in [1.165, 1.54) is 35.7 Å². The Morgan fingerprint density at radius 2 is 1.39 bits per heavy atom. The molecule has 0 spiro atoms. The molecule has 7 aromatic rings. The predicted octanol–water partition coefficient (Wildman–Crippen LogP) is 9.70. The maximum Gasteiger partial charge on any atom is 0.397 e. The highest BCUT2D eigenvalue weighted by Crippen LogP contribution is 2.50. The molecule has 0 aliphatic heterocycles. The molecule has 0 amide bonds. The number of hydrogen-bond acceptors (Lipinski definition) is 0. The van der Waals surface area contributed by atoms with Crippen LogP contribution in [-0.4, -0.2) is 10.6 Å². The third-order valence-corrected chi connectivity index (χ3v) is 9.14. The summed E-state index contributed by atoms with van der Waals surface area (Å²) in [6.07, 6.45) is -1.59. The van der Waals surface area contributed by atoms with E-state index in [9.17, 15) is 13.2 Å². The molecule has 0 unspecified atom stereocenters. The molecule has 0 fully saturated rings. The molecule has 0 aliphatic rings. The van der Waals surface area contributed by atoms with Crippen molar-refractivity contribution in [1.29, 1.82) is 0 Å². The van der Waals surface area contributed by atoms with Gasteiger partial charge in [0.15, 0.2) is 6.20 Å². The lowest BCUT2D eigenvalue weighted by atomic mass is 9.79. The zero-order valence-electron chi connectivity index (χ0n) is 24.6. The standard InChI is InChI=1S/C36H34F3N2/c1-20-22-12-8-9-13-23(22)25(19-34(2,3)4)31-28(20)32-29-21(16-17-40(32)7)18-26(35(5,6)36(37,38)39)30-24-14-10-11-15-27(24)41(31)33(29)30/h8-18H,19H2,1-7H3/q+1. The fraction of sp³-hybridized carbons (Fsp3) is 0.306. The van der Waals surface area contributed by atoms with E-state index in [-0.39, 0.29) is 5.41 Å². The van der Waals surface area contributed by atoms with E-state index >= 15 is 0 Å². The lowest BCUT2D eigenvalue weighted by Gasteiger charge is -2.30. The molecule has 3 aromatic heterocycles. The Balaban J connectivity index is 1.91. The molecular weight excluding hydrogens is 517 g/mol. The van der Waals surface area contributed by atoms with Crippen molar-refractivity contribution in [2.45, 2.75) is 59.6 Å². The van der Waals surface area contributed by atoms with Crippen LogP contribution in [0.3, 0.4) is 0 Å². The first-order valence-electron chi connectivity index (χ1n) is 14.2. The zero-order chi connectivity index (χ0) is 29.2. The summed E-state index contributed by atoms with van der Waals surface area (Å²) in [5, 5.41) is 6.97. The number of para-hydroxylation sites is 1. The zero-order valence-corrected chi connectivity index (χ0v) is 24.6. The second-order valence-corrected chi connectivity index (χ2v) is 13.5. The molecular formula is C36H34F3N2+. The van der Waals surface area contributed by atoms with Crippen LogP contribution in [0.25, 0.3) is 59.8 Å². The first-order chi connectivity index (χ1) is 19.2. The number of nitrogens with zero attached hydrogens (tertiary/aromatic N) is 2. The second kappa shape index (κ2) is 8.12. The number of alkyl halides is 3.